The lowest BCUT2D eigenvalue weighted by atomic mass is 10.1. The number of fused-ring (bicyclic) bond motifs is 1. The molecule has 0 unspecified atom stereocenters. The Morgan fingerprint density at radius 3 is 2.68 bits per heavy atom. The average Bonchev–Trinajstić information content (AvgIpc) is 2.97. The van der Waals surface area contributed by atoms with Gasteiger partial charge in [0.05, 0.1) is 12.1 Å². The number of thiazole rings is 1. The molecule has 19 heavy (non-hydrogen) atoms. The van der Waals surface area contributed by atoms with Gasteiger partial charge in [-0.05, 0) is 29.8 Å². The fraction of sp³-hybridized carbons (Fsp3) is 0.188. The standard InChI is InChI=1S/C16H16N2S/c1-2-18(11-16-10-17-12-19-16)15-8-7-13-5-3-4-6-14(13)9-15/h3-10,12H,2,11H2,1H3. The summed E-state index contributed by atoms with van der Waals surface area (Å²) >= 11 is 1.71. The molecule has 0 aliphatic heterocycles. The monoisotopic (exact) mass is 268 g/mol. The molecule has 3 heteroatoms. The normalized spacial score (nSPS) is 10.8. The summed E-state index contributed by atoms with van der Waals surface area (Å²) in [5, 5.41) is 2.59. The van der Waals surface area contributed by atoms with Crippen LogP contribution >= 0.6 is 11.3 Å². The van der Waals surface area contributed by atoms with E-state index in [0.29, 0.717) is 0 Å². The second-order valence-corrected chi connectivity index (χ2v) is 5.48. The van der Waals surface area contributed by atoms with Crippen LogP contribution in [0.25, 0.3) is 10.8 Å². The van der Waals surface area contributed by atoms with Crippen LogP contribution in [-0.2, 0) is 6.54 Å². The minimum absolute atomic E-state index is 0.930. The first-order valence-electron chi connectivity index (χ1n) is 6.48. The van der Waals surface area contributed by atoms with Gasteiger partial charge in [-0.1, -0.05) is 30.3 Å². The van der Waals surface area contributed by atoms with E-state index in [4.69, 9.17) is 0 Å². The second kappa shape index (κ2) is 5.41. The Balaban J connectivity index is 1.92. The number of benzene rings is 2. The van der Waals surface area contributed by atoms with Crippen molar-refractivity contribution in [2.75, 3.05) is 11.4 Å². The van der Waals surface area contributed by atoms with Crippen LogP contribution < -0.4 is 4.90 Å². The fourth-order valence-corrected chi connectivity index (χ4v) is 2.88. The molecule has 1 aromatic heterocycles. The molecule has 0 atom stereocenters. The summed E-state index contributed by atoms with van der Waals surface area (Å²) in [5.41, 5.74) is 3.17. The summed E-state index contributed by atoms with van der Waals surface area (Å²) in [6.07, 6.45) is 1.95. The number of hydrogen-bond acceptors (Lipinski definition) is 3. The van der Waals surface area contributed by atoms with E-state index in [1.807, 2.05) is 11.7 Å². The predicted molar refractivity (Wildman–Crippen MR) is 82.8 cm³/mol. The number of nitrogens with zero attached hydrogens (tertiary/aromatic N) is 2. The molecule has 0 N–H and O–H groups in total. The Bertz CT molecular complexity index is 661. The maximum absolute atomic E-state index is 4.14. The van der Waals surface area contributed by atoms with Crippen LogP contribution in [0.15, 0.2) is 54.2 Å². The Labute approximate surface area is 117 Å². The molecule has 1 heterocycles. The van der Waals surface area contributed by atoms with Gasteiger partial charge in [-0.2, -0.15) is 0 Å². The molecule has 0 spiro atoms. The van der Waals surface area contributed by atoms with Gasteiger partial charge in [-0.3, -0.25) is 4.98 Å². The van der Waals surface area contributed by atoms with Gasteiger partial charge in [-0.25, -0.2) is 0 Å². The third-order valence-corrected chi connectivity index (χ3v) is 4.07. The average molecular weight is 268 g/mol. The van der Waals surface area contributed by atoms with Crippen LogP contribution in [0.3, 0.4) is 0 Å². The van der Waals surface area contributed by atoms with E-state index in [1.165, 1.54) is 21.3 Å². The van der Waals surface area contributed by atoms with Crippen molar-refractivity contribution in [2.45, 2.75) is 13.5 Å². The Hall–Kier alpha value is -1.87. The molecule has 3 aromatic rings. The van der Waals surface area contributed by atoms with E-state index in [9.17, 15) is 0 Å². The highest BCUT2D eigenvalue weighted by Gasteiger charge is 2.07. The number of anilines is 1. The molecule has 0 amide bonds. The Kier molecular flexibility index (Phi) is 3.47. The fourth-order valence-electron chi connectivity index (χ4n) is 2.27. The molecule has 2 nitrogen and oxygen atoms in total. The minimum atomic E-state index is 0.930. The van der Waals surface area contributed by atoms with Crippen LogP contribution in [-0.4, -0.2) is 11.5 Å². The van der Waals surface area contributed by atoms with E-state index >= 15 is 0 Å². The van der Waals surface area contributed by atoms with Crippen molar-refractivity contribution in [3.8, 4) is 0 Å². The van der Waals surface area contributed by atoms with Gasteiger partial charge in [0.2, 0.25) is 0 Å². The predicted octanol–water partition coefficient (Wildman–Crippen LogP) is 4.32. The molecule has 0 saturated heterocycles. The largest absolute Gasteiger partial charge is 0.367 e. The van der Waals surface area contributed by atoms with Gasteiger partial charge in [0.25, 0.3) is 0 Å². The zero-order chi connectivity index (χ0) is 13.1. The van der Waals surface area contributed by atoms with Crippen LogP contribution in [0.2, 0.25) is 0 Å². The van der Waals surface area contributed by atoms with E-state index < -0.39 is 0 Å². The van der Waals surface area contributed by atoms with Crippen molar-refractivity contribution < 1.29 is 0 Å². The summed E-state index contributed by atoms with van der Waals surface area (Å²) in [6, 6.07) is 15.1. The van der Waals surface area contributed by atoms with Crippen molar-refractivity contribution in [3.63, 3.8) is 0 Å². The van der Waals surface area contributed by atoms with Crippen molar-refractivity contribution >= 4 is 27.8 Å². The van der Waals surface area contributed by atoms with Gasteiger partial charge in [0.1, 0.15) is 0 Å². The lowest BCUT2D eigenvalue weighted by Gasteiger charge is -2.22. The SMILES string of the molecule is CCN(Cc1cncs1)c1ccc2ccccc2c1. The maximum Gasteiger partial charge on any atom is 0.0794 e. The summed E-state index contributed by atoms with van der Waals surface area (Å²) in [6.45, 7) is 4.12. The molecule has 0 fully saturated rings. The third-order valence-electron chi connectivity index (χ3n) is 3.31. The summed E-state index contributed by atoms with van der Waals surface area (Å²) in [7, 11) is 0. The quantitative estimate of drug-likeness (QED) is 0.700. The topological polar surface area (TPSA) is 16.1 Å². The van der Waals surface area contributed by atoms with Gasteiger partial charge in [-0.15, -0.1) is 11.3 Å². The van der Waals surface area contributed by atoms with Crippen molar-refractivity contribution in [1.29, 1.82) is 0 Å². The van der Waals surface area contributed by atoms with Crippen LogP contribution in [0, 0.1) is 0 Å². The molecule has 96 valence electrons. The highest BCUT2D eigenvalue weighted by atomic mass is 32.1. The van der Waals surface area contributed by atoms with Crippen LogP contribution in [0.5, 0.6) is 0 Å². The van der Waals surface area contributed by atoms with Crippen LogP contribution in [0.4, 0.5) is 5.69 Å². The first-order valence-corrected chi connectivity index (χ1v) is 7.36. The molecule has 0 radical (unpaired) electrons. The van der Waals surface area contributed by atoms with Gasteiger partial charge < -0.3 is 4.90 Å². The molecular formula is C16H16N2S. The third kappa shape index (κ3) is 2.61. The lowest BCUT2D eigenvalue weighted by Crippen LogP contribution is -2.21. The molecule has 2 aromatic carbocycles. The lowest BCUT2D eigenvalue weighted by molar-refractivity contribution is 0.841. The van der Waals surface area contributed by atoms with E-state index in [-0.39, 0.29) is 0 Å². The smallest absolute Gasteiger partial charge is 0.0794 e. The van der Waals surface area contributed by atoms with Gasteiger partial charge in [0.15, 0.2) is 0 Å². The van der Waals surface area contributed by atoms with E-state index in [1.54, 1.807) is 11.3 Å². The highest BCUT2D eigenvalue weighted by Crippen LogP contribution is 2.24. The minimum Gasteiger partial charge on any atom is -0.367 e. The molecule has 0 saturated carbocycles. The van der Waals surface area contributed by atoms with E-state index in [2.05, 4.69) is 59.3 Å². The van der Waals surface area contributed by atoms with Crippen molar-refractivity contribution in [3.05, 3.63) is 59.0 Å². The first-order chi connectivity index (χ1) is 9.36. The van der Waals surface area contributed by atoms with E-state index in [0.717, 1.165) is 13.1 Å². The van der Waals surface area contributed by atoms with Crippen molar-refractivity contribution in [2.24, 2.45) is 0 Å². The Morgan fingerprint density at radius 2 is 1.95 bits per heavy atom. The zero-order valence-corrected chi connectivity index (χ0v) is 11.7. The van der Waals surface area contributed by atoms with Gasteiger partial charge in [0, 0.05) is 23.3 Å². The number of aromatic nitrogens is 1. The molecule has 0 bridgehead atoms. The Morgan fingerprint density at radius 1 is 1.11 bits per heavy atom. The molecule has 3 rings (SSSR count). The summed E-state index contributed by atoms with van der Waals surface area (Å²) in [4.78, 5) is 7.82. The van der Waals surface area contributed by atoms with Crippen molar-refractivity contribution in [1.82, 2.24) is 4.98 Å². The number of hydrogen-bond donors (Lipinski definition) is 0. The number of rotatable bonds is 4. The van der Waals surface area contributed by atoms with Crippen LogP contribution in [0.1, 0.15) is 11.8 Å². The molecule has 0 aliphatic rings. The summed E-state index contributed by atoms with van der Waals surface area (Å²) < 4.78 is 0. The highest BCUT2D eigenvalue weighted by molar-refractivity contribution is 7.09. The summed E-state index contributed by atoms with van der Waals surface area (Å²) in [5.74, 6) is 0. The first kappa shape index (κ1) is 12.2. The van der Waals surface area contributed by atoms with Gasteiger partial charge >= 0.3 is 0 Å². The zero-order valence-electron chi connectivity index (χ0n) is 10.9. The molecule has 0 aliphatic carbocycles. The maximum atomic E-state index is 4.14. The second-order valence-electron chi connectivity index (χ2n) is 4.51. The molecular weight excluding hydrogens is 252 g/mol.